The predicted octanol–water partition coefficient (Wildman–Crippen LogP) is 2.28. The number of amides is 1. The Balaban J connectivity index is 2.53. The highest BCUT2D eigenvalue weighted by atomic mass is 32.2. The number of thioether (sulfide) groups is 1. The van der Waals surface area contributed by atoms with Crippen LogP contribution >= 0.6 is 11.8 Å². The molecule has 4 heteroatoms. The van der Waals surface area contributed by atoms with Crippen LogP contribution in [0.4, 0.5) is 0 Å². The molecule has 1 saturated heterocycles. The molecule has 1 amide bonds. The average molecular weight is 259 g/mol. The Hall–Kier alpha value is -0.220. The van der Waals surface area contributed by atoms with Crippen LogP contribution in [0.25, 0.3) is 0 Å². The highest BCUT2D eigenvalue weighted by molar-refractivity contribution is 8.00. The normalized spacial score (nSPS) is 18.8. The van der Waals surface area contributed by atoms with Gasteiger partial charge in [0.2, 0.25) is 5.91 Å². The minimum Gasteiger partial charge on any atom is -0.396 e. The molecule has 17 heavy (non-hydrogen) atoms. The van der Waals surface area contributed by atoms with Crippen LogP contribution in [0.1, 0.15) is 46.5 Å². The third-order valence-electron chi connectivity index (χ3n) is 3.33. The molecule has 0 saturated carbocycles. The molecule has 0 aromatic carbocycles. The maximum Gasteiger partial charge on any atom is 0.222 e. The quantitative estimate of drug-likeness (QED) is 0.762. The third-order valence-corrected chi connectivity index (χ3v) is 4.67. The van der Waals surface area contributed by atoms with E-state index in [1.807, 2.05) is 0 Å². The van der Waals surface area contributed by atoms with Crippen LogP contribution in [0.15, 0.2) is 0 Å². The van der Waals surface area contributed by atoms with Crippen molar-refractivity contribution in [2.24, 2.45) is 0 Å². The summed E-state index contributed by atoms with van der Waals surface area (Å²) >= 11 is 1.79. The van der Waals surface area contributed by atoms with Crippen LogP contribution in [-0.2, 0) is 4.79 Å². The van der Waals surface area contributed by atoms with Crippen molar-refractivity contribution >= 4 is 17.7 Å². The van der Waals surface area contributed by atoms with Gasteiger partial charge in [0.15, 0.2) is 0 Å². The lowest BCUT2D eigenvalue weighted by Gasteiger charge is -2.34. The predicted molar refractivity (Wildman–Crippen MR) is 73.3 cm³/mol. The minimum absolute atomic E-state index is 0.131. The Morgan fingerprint density at radius 3 is 2.71 bits per heavy atom. The summed E-state index contributed by atoms with van der Waals surface area (Å²) in [5, 5.41) is 8.89. The molecule has 1 rings (SSSR count). The fraction of sp³-hybridized carbons (Fsp3) is 0.923. The first-order chi connectivity index (χ1) is 8.00. The van der Waals surface area contributed by atoms with E-state index in [4.69, 9.17) is 5.11 Å². The van der Waals surface area contributed by atoms with Crippen LogP contribution < -0.4 is 0 Å². The summed E-state index contributed by atoms with van der Waals surface area (Å²) in [5.74, 6) is 1.09. The van der Waals surface area contributed by atoms with Crippen molar-refractivity contribution in [2.45, 2.75) is 57.2 Å². The molecular weight excluding hydrogens is 234 g/mol. The summed E-state index contributed by atoms with van der Waals surface area (Å²) in [5.41, 5.74) is 0. The van der Waals surface area contributed by atoms with E-state index >= 15 is 0 Å². The van der Waals surface area contributed by atoms with Crippen molar-refractivity contribution in [2.75, 3.05) is 18.9 Å². The van der Waals surface area contributed by atoms with Gasteiger partial charge in [-0.1, -0.05) is 20.8 Å². The van der Waals surface area contributed by atoms with E-state index in [9.17, 15) is 4.79 Å². The third kappa shape index (κ3) is 4.51. The lowest BCUT2D eigenvalue weighted by molar-refractivity contribution is -0.129. The first-order valence-electron chi connectivity index (χ1n) is 6.54. The molecule has 0 bridgehead atoms. The number of likely N-dealkylation sites (tertiary alicyclic amines) is 1. The maximum absolute atomic E-state index is 11.8. The number of carbonyl (C=O) groups excluding carboxylic acids is 1. The fourth-order valence-electron chi connectivity index (χ4n) is 2.48. The van der Waals surface area contributed by atoms with E-state index in [1.165, 1.54) is 0 Å². The van der Waals surface area contributed by atoms with Gasteiger partial charge < -0.3 is 10.0 Å². The lowest BCUT2D eigenvalue weighted by atomic mass is 9.99. The summed E-state index contributed by atoms with van der Waals surface area (Å²) in [4.78, 5) is 13.8. The molecule has 1 atom stereocenters. The van der Waals surface area contributed by atoms with Crippen LogP contribution in [0.3, 0.4) is 0 Å². The van der Waals surface area contributed by atoms with Gasteiger partial charge in [-0.3, -0.25) is 4.79 Å². The molecular formula is C13H25NO2S. The van der Waals surface area contributed by atoms with Gasteiger partial charge in [0.1, 0.15) is 0 Å². The van der Waals surface area contributed by atoms with Crippen molar-refractivity contribution < 1.29 is 9.90 Å². The summed E-state index contributed by atoms with van der Waals surface area (Å²) in [6.07, 6.45) is 3.77. The smallest absolute Gasteiger partial charge is 0.222 e. The van der Waals surface area contributed by atoms with Crippen LogP contribution in [0.5, 0.6) is 0 Å². The summed E-state index contributed by atoms with van der Waals surface area (Å²) < 4.78 is 0.131. The van der Waals surface area contributed by atoms with Gasteiger partial charge >= 0.3 is 0 Å². The van der Waals surface area contributed by atoms with Gasteiger partial charge in [-0.15, -0.1) is 0 Å². The maximum atomic E-state index is 11.8. The topological polar surface area (TPSA) is 40.5 Å². The Kier molecular flexibility index (Phi) is 5.80. The Morgan fingerprint density at radius 2 is 2.24 bits per heavy atom. The molecule has 0 aliphatic carbocycles. The van der Waals surface area contributed by atoms with Crippen LogP contribution in [0.2, 0.25) is 0 Å². The molecule has 1 unspecified atom stereocenters. The number of hydrogen-bond donors (Lipinski definition) is 1. The number of carbonyl (C=O) groups is 1. The van der Waals surface area contributed by atoms with E-state index in [2.05, 4.69) is 25.7 Å². The number of hydrogen-bond acceptors (Lipinski definition) is 3. The zero-order chi connectivity index (χ0) is 12.9. The lowest BCUT2D eigenvalue weighted by Crippen LogP contribution is -2.40. The van der Waals surface area contributed by atoms with E-state index in [1.54, 1.807) is 11.8 Å². The number of rotatable bonds is 7. The molecule has 0 radical (unpaired) electrons. The van der Waals surface area contributed by atoms with Crippen LogP contribution in [0, 0.1) is 0 Å². The van der Waals surface area contributed by atoms with Gasteiger partial charge in [0.25, 0.3) is 0 Å². The molecule has 1 fully saturated rings. The SMILES string of the molecule is CCC(CC(C)(C)SCCO)N1CCCC1=O. The highest BCUT2D eigenvalue weighted by Gasteiger charge is 2.31. The Labute approximate surface area is 109 Å². The van der Waals surface area contributed by atoms with Gasteiger partial charge in [-0.2, -0.15) is 11.8 Å². The van der Waals surface area contributed by atoms with E-state index in [0.717, 1.165) is 38.0 Å². The van der Waals surface area contributed by atoms with Crippen molar-refractivity contribution in [1.82, 2.24) is 4.90 Å². The standard InChI is InChI=1S/C13H25NO2S/c1-4-11(14-7-5-6-12(14)16)10-13(2,3)17-9-8-15/h11,15H,4-10H2,1-3H3. The first kappa shape index (κ1) is 14.8. The van der Waals surface area contributed by atoms with Crippen LogP contribution in [-0.4, -0.2) is 45.6 Å². The van der Waals surface area contributed by atoms with Gasteiger partial charge in [0.05, 0.1) is 6.61 Å². The molecule has 1 N–H and O–H groups in total. The molecule has 100 valence electrons. The fourth-order valence-corrected chi connectivity index (χ4v) is 3.43. The summed E-state index contributed by atoms with van der Waals surface area (Å²) in [6.45, 7) is 7.72. The van der Waals surface area contributed by atoms with E-state index in [-0.39, 0.29) is 11.4 Å². The van der Waals surface area contributed by atoms with Crippen molar-refractivity contribution in [3.05, 3.63) is 0 Å². The van der Waals surface area contributed by atoms with E-state index < -0.39 is 0 Å². The summed E-state index contributed by atoms with van der Waals surface area (Å²) in [7, 11) is 0. The first-order valence-corrected chi connectivity index (χ1v) is 7.53. The van der Waals surface area contributed by atoms with Gasteiger partial charge in [0, 0.05) is 29.5 Å². The second kappa shape index (κ2) is 6.64. The largest absolute Gasteiger partial charge is 0.396 e. The monoisotopic (exact) mass is 259 g/mol. The second-order valence-corrected chi connectivity index (χ2v) is 7.09. The zero-order valence-electron chi connectivity index (χ0n) is 11.2. The molecule has 0 aromatic heterocycles. The molecule has 0 spiro atoms. The van der Waals surface area contributed by atoms with Gasteiger partial charge in [-0.05, 0) is 19.3 Å². The molecule has 1 aliphatic heterocycles. The summed E-state index contributed by atoms with van der Waals surface area (Å²) in [6, 6.07) is 0.367. The zero-order valence-corrected chi connectivity index (χ0v) is 12.1. The second-order valence-electron chi connectivity index (χ2n) is 5.29. The number of aliphatic hydroxyl groups is 1. The molecule has 3 nitrogen and oxygen atoms in total. The Morgan fingerprint density at radius 1 is 1.53 bits per heavy atom. The molecule has 1 aliphatic rings. The number of nitrogens with zero attached hydrogens (tertiary/aromatic N) is 1. The minimum atomic E-state index is 0.131. The molecule has 1 heterocycles. The molecule has 0 aromatic rings. The number of aliphatic hydroxyl groups excluding tert-OH is 1. The Bertz CT molecular complexity index is 256. The van der Waals surface area contributed by atoms with E-state index in [0.29, 0.717) is 11.9 Å². The average Bonchev–Trinajstić information content (AvgIpc) is 2.70. The van der Waals surface area contributed by atoms with Gasteiger partial charge in [-0.25, -0.2) is 0 Å². The van der Waals surface area contributed by atoms with Crippen molar-refractivity contribution in [3.8, 4) is 0 Å². The van der Waals surface area contributed by atoms with Crippen molar-refractivity contribution in [1.29, 1.82) is 0 Å². The highest BCUT2D eigenvalue weighted by Crippen LogP contribution is 2.32. The van der Waals surface area contributed by atoms with Crippen molar-refractivity contribution in [3.63, 3.8) is 0 Å².